The first-order valence-electron chi connectivity index (χ1n) is 8.17. The molecule has 1 unspecified atom stereocenters. The molecule has 1 aliphatic heterocycles. The van der Waals surface area contributed by atoms with E-state index >= 15 is 0 Å². The highest BCUT2D eigenvalue weighted by molar-refractivity contribution is 5.96. The molecule has 1 N–H and O–H groups in total. The van der Waals surface area contributed by atoms with Crippen molar-refractivity contribution in [3.05, 3.63) is 29.8 Å². The molecule has 0 aromatic heterocycles. The summed E-state index contributed by atoms with van der Waals surface area (Å²) in [4.78, 5) is 26.4. The first kappa shape index (κ1) is 17.3. The number of hydrogen-bond acceptors (Lipinski definition) is 3. The molecule has 2 rings (SSSR count). The van der Waals surface area contributed by atoms with E-state index in [2.05, 4.69) is 12.2 Å². The lowest BCUT2D eigenvalue weighted by molar-refractivity contribution is 0.0623. The summed E-state index contributed by atoms with van der Waals surface area (Å²) < 4.78 is 5.23. The molecule has 1 saturated heterocycles. The third-order valence-corrected chi connectivity index (χ3v) is 3.82. The molecule has 1 atom stereocenters. The van der Waals surface area contributed by atoms with Gasteiger partial charge in [-0.1, -0.05) is 6.07 Å². The van der Waals surface area contributed by atoms with Gasteiger partial charge in [0, 0.05) is 23.8 Å². The zero-order valence-electron chi connectivity index (χ0n) is 14.4. The van der Waals surface area contributed by atoms with E-state index in [-0.39, 0.29) is 11.9 Å². The van der Waals surface area contributed by atoms with Gasteiger partial charge in [-0.15, -0.1) is 0 Å². The van der Waals surface area contributed by atoms with Crippen LogP contribution in [-0.2, 0) is 4.74 Å². The summed E-state index contributed by atoms with van der Waals surface area (Å²) in [7, 11) is 0. The molecule has 1 heterocycles. The van der Waals surface area contributed by atoms with Gasteiger partial charge in [0.2, 0.25) is 0 Å². The first-order chi connectivity index (χ1) is 10.8. The normalized spacial score (nSPS) is 18.4. The third kappa shape index (κ3) is 4.98. The van der Waals surface area contributed by atoms with Crippen LogP contribution in [0.15, 0.2) is 24.3 Å². The van der Waals surface area contributed by atoms with Crippen molar-refractivity contribution in [2.45, 2.75) is 58.6 Å². The van der Waals surface area contributed by atoms with Crippen molar-refractivity contribution < 1.29 is 14.3 Å². The fourth-order valence-electron chi connectivity index (χ4n) is 2.72. The summed E-state index contributed by atoms with van der Waals surface area (Å²) in [6.07, 6.45) is 2.74. The molecule has 126 valence electrons. The Morgan fingerprint density at radius 3 is 2.65 bits per heavy atom. The van der Waals surface area contributed by atoms with Gasteiger partial charge in [0.1, 0.15) is 5.60 Å². The predicted molar refractivity (Wildman–Crippen MR) is 90.6 cm³/mol. The van der Waals surface area contributed by atoms with Crippen LogP contribution < -0.4 is 5.32 Å². The van der Waals surface area contributed by atoms with Crippen LogP contribution in [0.4, 0.5) is 10.5 Å². The second-order valence-electron chi connectivity index (χ2n) is 7.05. The number of anilines is 1. The average Bonchev–Trinajstić information content (AvgIpc) is 2.45. The van der Waals surface area contributed by atoms with Crippen LogP contribution in [0, 0.1) is 0 Å². The molecule has 1 fully saturated rings. The molecule has 0 radical (unpaired) electrons. The molecule has 0 aliphatic carbocycles. The largest absolute Gasteiger partial charge is 0.444 e. The van der Waals surface area contributed by atoms with Gasteiger partial charge in [-0.05, 0) is 65.2 Å². The Kier molecular flexibility index (Phi) is 5.29. The number of likely N-dealkylation sites (tertiary alicyclic amines) is 1. The second-order valence-corrected chi connectivity index (χ2v) is 7.05. The minimum atomic E-state index is -0.555. The lowest BCUT2D eigenvalue weighted by atomic mass is 10.0. The average molecular weight is 318 g/mol. The SMILES string of the molecule is CC1CCCCN1C(=O)c1cccc(NC(=O)OC(C)(C)C)c1. The lowest BCUT2D eigenvalue weighted by Crippen LogP contribution is -2.42. The summed E-state index contributed by atoms with van der Waals surface area (Å²) in [6.45, 7) is 8.31. The minimum absolute atomic E-state index is 0.0186. The topological polar surface area (TPSA) is 58.6 Å². The number of benzene rings is 1. The Morgan fingerprint density at radius 1 is 1.26 bits per heavy atom. The van der Waals surface area contributed by atoms with Crippen LogP contribution in [0.5, 0.6) is 0 Å². The molecule has 0 saturated carbocycles. The van der Waals surface area contributed by atoms with Crippen LogP contribution >= 0.6 is 0 Å². The van der Waals surface area contributed by atoms with Crippen molar-refractivity contribution in [3.63, 3.8) is 0 Å². The quantitative estimate of drug-likeness (QED) is 0.895. The van der Waals surface area contributed by atoms with Gasteiger partial charge < -0.3 is 9.64 Å². The van der Waals surface area contributed by atoms with Gasteiger partial charge in [-0.25, -0.2) is 4.79 Å². The second kappa shape index (κ2) is 7.02. The summed E-state index contributed by atoms with van der Waals surface area (Å²) >= 11 is 0. The monoisotopic (exact) mass is 318 g/mol. The highest BCUT2D eigenvalue weighted by Gasteiger charge is 2.24. The van der Waals surface area contributed by atoms with Crippen molar-refractivity contribution in [1.82, 2.24) is 4.90 Å². The van der Waals surface area contributed by atoms with Gasteiger partial charge in [0.05, 0.1) is 0 Å². The lowest BCUT2D eigenvalue weighted by Gasteiger charge is -2.33. The number of piperidine rings is 1. The molecule has 0 bridgehead atoms. The van der Waals surface area contributed by atoms with E-state index in [9.17, 15) is 9.59 Å². The number of hydrogen-bond donors (Lipinski definition) is 1. The van der Waals surface area contributed by atoms with Crippen molar-refractivity contribution in [1.29, 1.82) is 0 Å². The van der Waals surface area contributed by atoms with Crippen LogP contribution in [0.3, 0.4) is 0 Å². The van der Waals surface area contributed by atoms with Crippen LogP contribution in [0.25, 0.3) is 0 Å². The molecular formula is C18H26N2O3. The molecule has 1 aromatic carbocycles. The van der Waals surface area contributed by atoms with E-state index in [4.69, 9.17) is 4.74 Å². The fraction of sp³-hybridized carbons (Fsp3) is 0.556. The summed E-state index contributed by atoms with van der Waals surface area (Å²) in [5, 5.41) is 2.68. The van der Waals surface area contributed by atoms with E-state index in [1.54, 1.807) is 24.3 Å². The van der Waals surface area contributed by atoms with E-state index in [0.29, 0.717) is 11.3 Å². The summed E-state index contributed by atoms with van der Waals surface area (Å²) in [5.74, 6) is 0.0186. The highest BCUT2D eigenvalue weighted by atomic mass is 16.6. The summed E-state index contributed by atoms with van der Waals surface area (Å²) in [6, 6.07) is 7.27. The standard InChI is InChI=1S/C18H26N2O3/c1-13-8-5-6-11-20(13)16(21)14-9-7-10-15(12-14)19-17(22)23-18(2,3)4/h7,9-10,12-13H,5-6,8,11H2,1-4H3,(H,19,22). The van der Waals surface area contributed by atoms with Crippen molar-refractivity contribution in [2.24, 2.45) is 0 Å². The van der Waals surface area contributed by atoms with E-state index < -0.39 is 11.7 Å². The number of rotatable bonds is 2. The maximum Gasteiger partial charge on any atom is 0.412 e. The van der Waals surface area contributed by atoms with Crippen molar-refractivity contribution in [3.8, 4) is 0 Å². The van der Waals surface area contributed by atoms with Crippen molar-refractivity contribution in [2.75, 3.05) is 11.9 Å². The van der Waals surface area contributed by atoms with E-state index in [1.165, 1.54) is 6.42 Å². The van der Waals surface area contributed by atoms with Gasteiger partial charge in [-0.3, -0.25) is 10.1 Å². The van der Waals surface area contributed by atoms with Crippen LogP contribution in [0.2, 0.25) is 0 Å². The van der Waals surface area contributed by atoms with Crippen LogP contribution in [0.1, 0.15) is 57.3 Å². The summed E-state index contributed by atoms with van der Waals surface area (Å²) in [5.41, 5.74) is 0.600. The van der Waals surface area contributed by atoms with Gasteiger partial charge in [-0.2, -0.15) is 0 Å². The Morgan fingerprint density at radius 2 is 2.00 bits per heavy atom. The zero-order chi connectivity index (χ0) is 17.0. The van der Waals surface area contributed by atoms with Gasteiger partial charge in [0.25, 0.3) is 5.91 Å². The maximum absolute atomic E-state index is 12.7. The number of ether oxygens (including phenoxy) is 1. The van der Waals surface area contributed by atoms with Gasteiger partial charge in [0.15, 0.2) is 0 Å². The van der Waals surface area contributed by atoms with E-state index in [1.807, 2.05) is 25.7 Å². The number of nitrogens with one attached hydrogen (secondary N) is 1. The Hall–Kier alpha value is -2.04. The fourth-order valence-corrected chi connectivity index (χ4v) is 2.72. The molecule has 23 heavy (non-hydrogen) atoms. The maximum atomic E-state index is 12.7. The molecule has 1 aliphatic rings. The molecule has 2 amide bonds. The first-order valence-corrected chi connectivity index (χ1v) is 8.17. The Balaban J connectivity index is 2.07. The number of carbonyl (C=O) groups is 2. The molecule has 5 nitrogen and oxygen atoms in total. The predicted octanol–water partition coefficient (Wildman–Crippen LogP) is 4.05. The number of carbonyl (C=O) groups excluding carboxylic acids is 2. The highest BCUT2D eigenvalue weighted by Crippen LogP contribution is 2.21. The Labute approximate surface area is 138 Å². The smallest absolute Gasteiger partial charge is 0.412 e. The molecular weight excluding hydrogens is 292 g/mol. The van der Waals surface area contributed by atoms with Gasteiger partial charge >= 0.3 is 6.09 Å². The molecule has 0 spiro atoms. The number of amides is 2. The molecule has 1 aromatic rings. The van der Waals surface area contributed by atoms with Crippen LogP contribution in [-0.4, -0.2) is 35.1 Å². The minimum Gasteiger partial charge on any atom is -0.444 e. The zero-order valence-corrected chi connectivity index (χ0v) is 14.4. The molecule has 5 heteroatoms. The number of nitrogens with zero attached hydrogens (tertiary/aromatic N) is 1. The van der Waals surface area contributed by atoms with Crippen molar-refractivity contribution >= 4 is 17.7 Å². The third-order valence-electron chi connectivity index (χ3n) is 3.82. The van der Waals surface area contributed by atoms with E-state index in [0.717, 1.165) is 19.4 Å². The Bertz CT molecular complexity index is 578.